The highest BCUT2D eigenvalue weighted by Crippen LogP contribution is 2.51. The van der Waals surface area contributed by atoms with E-state index in [0.717, 1.165) is 28.3 Å². The fraction of sp³-hybridized carbons (Fsp3) is 0.250. The zero-order chi connectivity index (χ0) is 16.8. The van der Waals surface area contributed by atoms with Crippen molar-refractivity contribution in [2.75, 3.05) is 5.32 Å². The molecule has 1 aliphatic heterocycles. The zero-order valence-corrected chi connectivity index (χ0v) is 14.0. The lowest BCUT2D eigenvalue weighted by Crippen LogP contribution is -2.29. The standard InChI is InChI=1S/C20H18ClNO2/c1-11-9-14(21)10-17-15-3-2-4-16(15)19(22-18(11)17)12-5-7-13(8-6-12)20(23)24/h2-3,5-10,15-16,19,22H,4H2,1H3,(H,23,24)/t15-,16-,19-/m1/s1. The van der Waals surface area contributed by atoms with Gasteiger partial charge in [-0.25, -0.2) is 4.79 Å². The van der Waals surface area contributed by atoms with E-state index in [1.807, 2.05) is 18.2 Å². The van der Waals surface area contributed by atoms with Crippen molar-refractivity contribution in [2.45, 2.75) is 25.3 Å². The summed E-state index contributed by atoms with van der Waals surface area (Å²) in [7, 11) is 0. The first-order valence-corrected chi connectivity index (χ1v) is 8.49. The van der Waals surface area contributed by atoms with E-state index in [0.29, 0.717) is 17.4 Å². The average Bonchev–Trinajstić information content (AvgIpc) is 3.04. The van der Waals surface area contributed by atoms with Crippen LogP contribution in [0.1, 0.15) is 45.4 Å². The Morgan fingerprint density at radius 2 is 2.00 bits per heavy atom. The second kappa shape index (κ2) is 5.67. The molecule has 2 N–H and O–H groups in total. The Hall–Kier alpha value is -2.26. The van der Waals surface area contributed by atoms with E-state index in [1.165, 1.54) is 5.56 Å². The number of halogens is 1. The van der Waals surface area contributed by atoms with E-state index in [2.05, 4.69) is 30.5 Å². The van der Waals surface area contributed by atoms with Crippen molar-refractivity contribution in [1.29, 1.82) is 0 Å². The molecule has 0 amide bonds. The summed E-state index contributed by atoms with van der Waals surface area (Å²) in [5, 5.41) is 13.5. The van der Waals surface area contributed by atoms with Gasteiger partial charge in [-0.1, -0.05) is 35.9 Å². The summed E-state index contributed by atoms with van der Waals surface area (Å²) in [4.78, 5) is 11.1. The zero-order valence-electron chi connectivity index (χ0n) is 13.3. The number of fused-ring (bicyclic) bond motifs is 3. The Morgan fingerprint density at radius 1 is 1.25 bits per heavy atom. The number of aryl methyl sites for hydroxylation is 1. The maximum atomic E-state index is 11.1. The van der Waals surface area contributed by atoms with Crippen LogP contribution in [-0.2, 0) is 0 Å². The van der Waals surface area contributed by atoms with Crippen LogP contribution in [0.3, 0.4) is 0 Å². The lowest BCUT2D eigenvalue weighted by molar-refractivity contribution is 0.0697. The normalized spacial score (nSPS) is 24.2. The Labute approximate surface area is 146 Å². The topological polar surface area (TPSA) is 49.3 Å². The van der Waals surface area contributed by atoms with Gasteiger partial charge in [0.25, 0.3) is 0 Å². The minimum Gasteiger partial charge on any atom is -0.478 e. The highest BCUT2D eigenvalue weighted by atomic mass is 35.5. The molecule has 0 spiro atoms. The van der Waals surface area contributed by atoms with Crippen LogP contribution in [-0.4, -0.2) is 11.1 Å². The molecule has 1 heterocycles. The molecule has 0 fully saturated rings. The van der Waals surface area contributed by atoms with Crippen LogP contribution in [0.2, 0.25) is 5.02 Å². The molecule has 0 unspecified atom stereocenters. The van der Waals surface area contributed by atoms with E-state index in [9.17, 15) is 4.79 Å². The first-order chi connectivity index (χ1) is 11.5. The van der Waals surface area contributed by atoms with Crippen LogP contribution in [0, 0.1) is 12.8 Å². The lowest BCUT2D eigenvalue weighted by atomic mass is 9.76. The van der Waals surface area contributed by atoms with Crippen molar-refractivity contribution in [2.24, 2.45) is 5.92 Å². The van der Waals surface area contributed by atoms with E-state index >= 15 is 0 Å². The van der Waals surface area contributed by atoms with Gasteiger partial charge in [0.05, 0.1) is 11.6 Å². The van der Waals surface area contributed by atoms with Crippen molar-refractivity contribution in [1.82, 2.24) is 0 Å². The van der Waals surface area contributed by atoms with Gasteiger partial charge < -0.3 is 10.4 Å². The summed E-state index contributed by atoms with van der Waals surface area (Å²) in [6.07, 6.45) is 5.52. The molecule has 2 aliphatic rings. The first kappa shape index (κ1) is 15.3. The molecule has 3 atom stereocenters. The first-order valence-electron chi connectivity index (χ1n) is 8.11. The number of anilines is 1. The van der Waals surface area contributed by atoms with E-state index < -0.39 is 5.97 Å². The Balaban J connectivity index is 1.76. The summed E-state index contributed by atoms with van der Waals surface area (Å²) in [5.41, 5.74) is 5.00. The predicted octanol–water partition coefficient (Wildman–Crippen LogP) is 5.17. The molecule has 24 heavy (non-hydrogen) atoms. The molecule has 0 saturated carbocycles. The molecule has 2 aromatic rings. The van der Waals surface area contributed by atoms with Crippen LogP contribution < -0.4 is 5.32 Å². The number of carboxylic acids is 1. The smallest absolute Gasteiger partial charge is 0.335 e. The maximum absolute atomic E-state index is 11.1. The largest absolute Gasteiger partial charge is 0.478 e. The van der Waals surface area contributed by atoms with Gasteiger partial charge in [0.2, 0.25) is 0 Å². The summed E-state index contributed by atoms with van der Waals surface area (Å²) in [6, 6.07) is 11.4. The van der Waals surface area contributed by atoms with Crippen molar-refractivity contribution < 1.29 is 9.90 Å². The van der Waals surface area contributed by atoms with Crippen LogP contribution >= 0.6 is 11.6 Å². The van der Waals surface area contributed by atoms with Gasteiger partial charge in [0, 0.05) is 16.6 Å². The van der Waals surface area contributed by atoms with E-state index in [1.54, 1.807) is 12.1 Å². The molecule has 0 aromatic heterocycles. The molecule has 0 radical (unpaired) electrons. The molecular formula is C20H18ClNO2. The van der Waals surface area contributed by atoms with Gasteiger partial charge in [-0.3, -0.25) is 0 Å². The van der Waals surface area contributed by atoms with Gasteiger partial charge in [0.15, 0.2) is 0 Å². The monoisotopic (exact) mass is 339 g/mol. The molecule has 3 nitrogen and oxygen atoms in total. The number of allylic oxidation sites excluding steroid dienone is 2. The molecule has 122 valence electrons. The van der Waals surface area contributed by atoms with Crippen LogP contribution in [0.5, 0.6) is 0 Å². The molecule has 1 aliphatic carbocycles. The predicted molar refractivity (Wildman–Crippen MR) is 95.9 cm³/mol. The number of carbonyl (C=O) groups is 1. The van der Waals surface area contributed by atoms with Gasteiger partial charge in [-0.05, 0) is 60.2 Å². The van der Waals surface area contributed by atoms with E-state index in [-0.39, 0.29) is 6.04 Å². The third kappa shape index (κ3) is 2.40. The molecule has 4 heteroatoms. The molecule has 2 aromatic carbocycles. The van der Waals surface area contributed by atoms with Gasteiger partial charge in [0.1, 0.15) is 0 Å². The van der Waals surface area contributed by atoms with Gasteiger partial charge >= 0.3 is 5.97 Å². The van der Waals surface area contributed by atoms with Crippen LogP contribution in [0.15, 0.2) is 48.6 Å². The summed E-state index contributed by atoms with van der Waals surface area (Å²) < 4.78 is 0. The minimum atomic E-state index is -0.894. The quantitative estimate of drug-likeness (QED) is 0.742. The highest BCUT2D eigenvalue weighted by Gasteiger charge is 2.38. The van der Waals surface area contributed by atoms with Crippen LogP contribution in [0.4, 0.5) is 5.69 Å². The second-order valence-corrected chi connectivity index (χ2v) is 7.03. The van der Waals surface area contributed by atoms with E-state index in [4.69, 9.17) is 16.7 Å². The number of hydrogen-bond donors (Lipinski definition) is 2. The SMILES string of the molecule is Cc1cc(Cl)cc2c1N[C@H](c1ccc(C(=O)O)cc1)[C@@H]1CC=C[C@@H]21. The minimum absolute atomic E-state index is 0.167. The van der Waals surface area contributed by atoms with Crippen molar-refractivity contribution >= 4 is 23.3 Å². The summed E-state index contributed by atoms with van der Waals surface area (Å²) in [6.45, 7) is 2.07. The molecule has 0 saturated heterocycles. The Bertz CT molecular complexity index is 841. The third-order valence-corrected chi connectivity index (χ3v) is 5.37. The van der Waals surface area contributed by atoms with Crippen molar-refractivity contribution in [3.05, 3.63) is 75.8 Å². The number of hydrogen-bond acceptors (Lipinski definition) is 2. The molecular weight excluding hydrogens is 322 g/mol. The van der Waals surface area contributed by atoms with Gasteiger partial charge in [-0.2, -0.15) is 0 Å². The highest BCUT2D eigenvalue weighted by molar-refractivity contribution is 6.30. The third-order valence-electron chi connectivity index (χ3n) is 5.15. The molecule has 4 rings (SSSR count). The summed E-state index contributed by atoms with van der Waals surface area (Å²) >= 11 is 6.27. The number of carboxylic acid groups (broad SMARTS) is 1. The Kier molecular flexibility index (Phi) is 3.61. The Morgan fingerprint density at radius 3 is 2.71 bits per heavy atom. The number of aromatic carboxylic acids is 1. The van der Waals surface area contributed by atoms with Crippen LogP contribution in [0.25, 0.3) is 0 Å². The number of benzene rings is 2. The van der Waals surface area contributed by atoms with Crippen molar-refractivity contribution in [3.63, 3.8) is 0 Å². The maximum Gasteiger partial charge on any atom is 0.335 e. The fourth-order valence-electron chi connectivity index (χ4n) is 4.00. The van der Waals surface area contributed by atoms with Gasteiger partial charge in [-0.15, -0.1) is 0 Å². The second-order valence-electron chi connectivity index (χ2n) is 6.59. The summed E-state index contributed by atoms with van der Waals surface area (Å²) in [5.74, 6) is -0.122. The fourth-order valence-corrected chi connectivity index (χ4v) is 4.29. The number of nitrogens with one attached hydrogen (secondary N) is 1. The number of rotatable bonds is 2. The molecule has 0 bridgehead atoms. The average molecular weight is 340 g/mol. The lowest BCUT2D eigenvalue weighted by Gasteiger charge is -2.38. The van der Waals surface area contributed by atoms with Crippen molar-refractivity contribution in [3.8, 4) is 0 Å².